The van der Waals surface area contributed by atoms with E-state index in [2.05, 4.69) is 27.6 Å². The monoisotopic (exact) mass is 360 g/mol. The summed E-state index contributed by atoms with van der Waals surface area (Å²) in [5.74, 6) is 0.857. The summed E-state index contributed by atoms with van der Waals surface area (Å²) < 4.78 is 4.92. The zero-order chi connectivity index (χ0) is 18.5. The first kappa shape index (κ1) is 18.1. The number of nitrogens with zero attached hydrogens (tertiary/aromatic N) is 4. The van der Waals surface area contributed by atoms with Crippen molar-refractivity contribution in [1.82, 2.24) is 25.2 Å². The number of rotatable bonds is 6. The molecule has 0 bridgehead atoms. The number of amides is 2. The number of H-pyrrole nitrogens is 1. The number of aromatic amines is 1. The first-order valence-corrected chi connectivity index (χ1v) is 8.84. The third kappa shape index (κ3) is 4.48. The number of hydrogen-bond acceptors (Lipinski definition) is 6. The van der Waals surface area contributed by atoms with Crippen molar-refractivity contribution in [1.29, 1.82) is 0 Å². The molecule has 9 heteroatoms. The largest absolute Gasteiger partial charge is 0.360 e. The summed E-state index contributed by atoms with van der Waals surface area (Å²) in [6, 6.07) is 3.50. The molecule has 26 heavy (non-hydrogen) atoms. The highest BCUT2D eigenvalue weighted by molar-refractivity contribution is 5.93. The molecule has 9 nitrogen and oxygen atoms in total. The summed E-state index contributed by atoms with van der Waals surface area (Å²) in [6.45, 7) is 6.55. The molecule has 0 saturated carbocycles. The summed E-state index contributed by atoms with van der Waals surface area (Å²) in [5.41, 5.74) is 1.44. The van der Waals surface area contributed by atoms with E-state index in [4.69, 9.17) is 4.52 Å². The van der Waals surface area contributed by atoms with Gasteiger partial charge in [-0.05, 0) is 19.4 Å². The third-order valence-corrected chi connectivity index (χ3v) is 4.29. The molecule has 2 aromatic rings. The molecule has 0 atom stereocenters. The molecule has 140 valence electrons. The Morgan fingerprint density at radius 3 is 2.69 bits per heavy atom. The number of aryl methyl sites for hydroxylation is 2. The second-order valence-electron chi connectivity index (χ2n) is 6.47. The van der Waals surface area contributed by atoms with Crippen molar-refractivity contribution in [2.75, 3.05) is 38.0 Å². The van der Waals surface area contributed by atoms with Crippen LogP contribution in [-0.2, 0) is 11.2 Å². The molecule has 0 spiro atoms. The van der Waals surface area contributed by atoms with Crippen LogP contribution in [0.3, 0.4) is 0 Å². The Kier molecular flexibility index (Phi) is 5.67. The van der Waals surface area contributed by atoms with E-state index in [0.717, 1.165) is 18.5 Å². The Balaban J connectivity index is 1.45. The van der Waals surface area contributed by atoms with Crippen LogP contribution in [0.1, 0.15) is 35.3 Å². The highest BCUT2D eigenvalue weighted by atomic mass is 16.5. The first-order chi connectivity index (χ1) is 12.5. The average Bonchev–Trinajstić information content (AvgIpc) is 3.24. The van der Waals surface area contributed by atoms with Gasteiger partial charge in [0.25, 0.3) is 5.91 Å². The third-order valence-electron chi connectivity index (χ3n) is 4.29. The van der Waals surface area contributed by atoms with Crippen LogP contribution in [0.5, 0.6) is 0 Å². The van der Waals surface area contributed by atoms with Crippen LogP contribution in [0, 0.1) is 6.92 Å². The summed E-state index contributed by atoms with van der Waals surface area (Å²) >= 11 is 0. The van der Waals surface area contributed by atoms with Gasteiger partial charge < -0.3 is 14.7 Å². The Hall–Kier alpha value is -2.68. The Morgan fingerprint density at radius 1 is 1.27 bits per heavy atom. The van der Waals surface area contributed by atoms with Gasteiger partial charge >= 0.3 is 0 Å². The van der Waals surface area contributed by atoms with Gasteiger partial charge in [-0.25, -0.2) is 0 Å². The lowest BCUT2D eigenvalue weighted by Crippen LogP contribution is -2.50. The second kappa shape index (κ2) is 8.13. The molecule has 0 aromatic carbocycles. The SMILES string of the molecule is CCCc1cc(C(=O)N2CCN(CC(=O)Nc3cc(C)on3)CC2)n[nH]1. The molecular formula is C17H24N6O3. The summed E-state index contributed by atoms with van der Waals surface area (Å²) in [4.78, 5) is 28.4. The first-order valence-electron chi connectivity index (χ1n) is 8.84. The quantitative estimate of drug-likeness (QED) is 0.797. The Morgan fingerprint density at radius 2 is 2.04 bits per heavy atom. The highest BCUT2D eigenvalue weighted by Gasteiger charge is 2.25. The van der Waals surface area contributed by atoms with Gasteiger partial charge in [0.1, 0.15) is 11.5 Å². The van der Waals surface area contributed by atoms with E-state index in [1.165, 1.54) is 0 Å². The Labute approximate surface area is 151 Å². The van der Waals surface area contributed by atoms with Crippen LogP contribution in [0.25, 0.3) is 0 Å². The van der Waals surface area contributed by atoms with Crippen molar-refractivity contribution in [2.24, 2.45) is 0 Å². The molecule has 3 rings (SSSR count). The number of carbonyl (C=O) groups excluding carboxylic acids is 2. The number of carbonyl (C=O) groups is 2. The molecule has 1 fully saturated rings. The number of anilines is 1. The fourth-order valence-corrected chi connectivity index (χ4v) is 2.95. The van der Waals surface area contributed by atoms with Gasteiger partial charge in [0, 0.05) is 37.9 Å². The van der Waals surface area contributed by atoms with E-state index in [0.29, 0.717) is 43.5 Å². The van der Waals surface area contributed by atoms with Crippen LogP contribution >= 0.6 is 0 Å². The second-order valence-corrected chi connectivity index (χ2v) is 6.47. The van der Waals surface area contributed by atoms with E-state index in [1.54, 1.807) is 17.9 Å². The fourth-order valence-electron chi connectivity index (χ4n) is 2.95. The lowest BCUT2D eigenvalue weighted by atomic mass is 10.2. The smallest absolute Gasteiger partial charge is 0.274 e. The summed E-state index contributed by atoms with van der Waals surface area (Å²) in [5, 5.41) is 13.5. The number of hydrogen-bond donors (Lipinski definition) is 2. The van der Waals surface area contributed by atoms with Crippen LogP contribution in [-0.4, -0.2) is 69.7 Å². The lowest BCUT2D eigenvalue weighted by molar-refractivity contribution is -0.117. The van der Waals surface area contributed by atoms with Gasteiger partial charge in [-0.2, -0.15) is 5.10 Å². The summed E-state index contributed by atoms with van der Waals surface area (Å²) in [6.07, 6.45) is 1.89. The van der Waals surface area contributed by atoms with E-state index in [-0.39, 0.29) is 18.4 Å². The minimum absolute atomic E-state index is 0.0641. The molecule has 0 aliphatic carbocycles. The molecule has 3 heterocycles. The van der Waals surface area contributed by atoms with E-state index in [9.17, 15) is 9.59 Å². The van der Waals surface area contributed by atoms with Crippen molar-refractivity contribution >= 4 is 17.6 Å². The topological polar surface area (TPSA) is 107 Å². The molecule has 0 unspecified atom stereocenters. The van der Waals surface area contributed by atoms with Crippen molar-refractivity contribution in [3.8, 4) is 0 Å². The average molecular weight is 360 g/mol. The zero-order valence-corrected chi connectivity index (χ0v) is 15.1. The van der Waals surface area contributed by atoms with Crippen LogP contribution in [0.2, 0.25) is 0 Å². The number of nitrogens with one attached hydrogen (secondary N) is 2. The maximum atomic E-state index is 12.5. The lowest BCUT2D eigenvalue weighted by Gasteiger charge is -2.33. The normalized spacial score (nSPS) is 15.2. The maximum Gasteiger partial charge on any atom is 0.274 e. The fraction of sp³-hybridized carbons (Fsp3) is 0.529. The van der Waals surface area contributed by atoms with Crippen LogP contribution in [0.4, 0.5) is 5.82 Å². The molecule has 1 aliphatic rings. The van der Waals surface area contributed by atoms with Crippen molar-refractivity contribution in [3.05, 3.63) is 29.3 Å². The van der Waals surface area contributed by atoms with Gasteiger partial charge in [0.2, 0.25) is 5.91 Å². The molecule has 2 amide bonds. The van der Waals surface area contributed by atoms with Crippen molar-refractivity contribution in [3.63, 3.8) is 0 Å². The van der Waals surface area contributed by atoms with Crippen LogP contribution < -0.4 is 5.32 Å². The van der Waals surface area contributed by atoms with Crippen LogP contribution in [0.15, 0.2) is 16.7 Å². The van der Waals surface area contributed by atoms with Crippen molar-refractivity contribution in [2.45, 2.75) is 26.7 Å². The summed E-state index contributed by atoms with van der Waals surface area (Å²) in [7, 11) is 0. The van der Waals surface area contributed by atoms with Gasteiger partial charge in [-0.3, -0.25) is 19.6 Å². The minimum atomic E-state index is -0.144. The zero-order valence-electron chi connectivity index (χ0n) is 15.1. The molecule has 2 N–H and O–H groups in total. The standard InChI is InChI=1S/C17H24N6O3/c1-3-4-13-10-14(20-19-13)17(25)23-7-5-22(6-8-23)11-16(24)18-15-9-12(2)26-21-15/h9-10H,3-8,11H2,1-2H3,(H,19,20)(H,18,21,24). The molecule has 1 saturated heterocycles. The minimum Gasteiger partial charge on any atom is -0.360 e. The van der Waals surface area contributed by atoms with Gasteiger partial charge in [-0.15, -0.1) is 0 Å². The highest BCUT2D eigenvalue weighted by Crippen LogP contribution is 2.10. The van der Waals surface area contributed by atoms with Gasteiger partial charge in [-0.1, -0.05) is 18.5 Å². The Bertz CT molecular complexity index is 760. The molecule has 1 aliphatic heterocycles. The molecule has 2 aromatic heterocycles. The molecule has 0 radical (unpaired) electrons. The maximum absolute atomic E-state index is 12.5. The van der Waals surface area contributed by atoms with E-state index < -0.39 is 0 Å². The predicted octanol–water partition coefficient (Wildman–Crippen LogP) is 1.06. The molecular weight excluding hydrogens is 336 g/mol. The van der Waals surface area contributed by atoms with E-state index >= 15 is 0 Å². The van der Waals surface area contributed by atoms with Gasteiger partial charge in [0.15, 0.2) is 5.82 Å². The number of piperazine rings is 1. The van der Waals surface area contributed by atoms with Gasteiger partial charge in [0.05, 0.1) is 6.54 Å². The van der Waals surface area contributed by atoms with Crippen molar-refractivity contribution < 1.29 is 14.1 Å². The van der Waals surface area contributed by atoms with E-state index in [1.807, 2.05) is 11.0 Å². The predicted molar refractivity (Wildman–Crippen MR) is 94.8 cm³/mol. The number of aromatic nitrogens is 3.